The molecular formula is C17H16ClFN2O3. The van der Waals surface area contributed by atoms with Crippen LogP contribution in [0.5, 0.6) is 0 Å². The van der Waals surface area contributed by atoms with Crippen LogP contribution in [0.2, 0.25) is 5.02 Å². The monoisotopic (exact) mass is 350 g/mol. The van der Waals surface area contributed by atoms with E-state index in [4.69, 9.17) is 16.3 Å². The Bertz CT molecular complexity index is 715. The number of ether oxygens (including phenoxy) is 1. The van der Waals surface area contributed by atoms with E-state index in [1.54, 1.807) is 24.3 Å². The van der Waals surface area contributed by atoms with Crippen molar-refractivity contribution in [2.75, 3.05) is 24.4 Å². The fourth-order valence-electron chi connectivity index (χ4n) is 2.03. The van der Waals surface area contributed by atoms with Gasteiger partial charge in [-0.1, -0.05) is 17.7 Å². The second kappa shape index (κ2) is 8.42. The van der Waals surface area contributed by atoms with Crippen LogP contribution < -0.4 is 10.6 Å². The summed E-state index contributed by atoms with van der Waals surface area (Å²) in [5.41, 5.74) is 1.25. The highest BCUT2D eigenvalue weighted by Crippen LogP contribution is 2.20. The van der Waals surface area contributed by atoms with Gasteiger partial charge in [0.25, 0.3) is 0 Å². The van der Waals surface area contributed by atoms with Crippen LogP contribution >= 0.6 is 11.6 Å². The van der Waals surface area contributed by atoms with Crippen LogP contribution in [0.15, 0.2) is 42.5 Å². The number of rotatable bonds is 6. The van der Waals surface area contributed by atoms with Crippen molar-refractivity contribution in [1.29, 1.82) is 0 Å². The van der Waals surface area contributed by atoms with Gasteiger partial charge in [0.2, 0.25) is 11.8 Å². The van der Waals surface area contributed by atoms with Gasteiger partial charge in [0, 0.05) is 29.1 Å². The van der Waals surface area contributed by atoms with E-state index >= 15 is 0 Å². The lowest BCUT2D eigenvalue weighted by atomic mass is 10.1. The van der Waals surface area contributed by atoms with E-state index in [9.17, 15) is 14.0 Å². The Morgan fingerprint density at radius 1 is 1.04 bits per heavy atom. The number of methoxy groups -OCH3 is 1. The van der Waals surface area contributed by atoms with Crippen molar-refractivity contribution in [3.05, 3.63) is 58.9 Å². The molecule has 2 aromatic rings. The molecule has 0 saturated heterocycles. The van der Waals surface area contributed by atoms with Crippen molar-refractivity contribution in [3.8, 4) is 0 Å². The summed E-state index contributed by atoms with van der Waals surface area (Å²) >= 11 is 5.90. The van der Waals surface area contributed by atoms with E-state index in [1.165, 1.54) is 25.3 Å². The molecule has 2 aromatic carbocycles. The summed E-state index contributed by atoms with van der Waals surface area (Å²) in [6.07, 6.45) is -0.169. The van der Waals surface area contributed by atoms with Crippen molar-refractivity contribution in [2.45, 2.75) is 6.42 Å². The maximum atomic E-state index is 13.7. The maximum absolute atomic E-state index is 13.7. The standard InChI is InChI=1S/C17H16ClFN2O3/c1-24-10-17(23)21-12-7-5-11(6-8-12)20-16(22)9-13-14(18)3-2-4-15(13)19/h2-8H,9-10H2,1H3,(H,20,22)(H,21,23). The van der Waals surface area contributed by atoms with Crippen LogP contribution in [0.4, 0.5) is 15.8 Å². The number of amides is 2. The van der Waals surface area contributed by atoms with Gasteiger partial charge >= 0.3 is 0 Å². The number of benzene rings is 2. The van der Waals surface area contributed by atoms with Crippen molar-refractivity contribution >= 4 is 34.8 Å². The summed E-state index contributed by atoms with van der Waals surface area (Å²) in [6, 6.07) is 10.8. The second-order valence-corrected chi connectivity index (χ2v) is 5.39. The molecular weight excluding hydrogens is 335 g/mol. The van der Waals surface area contributed by atoms with Gasteiger partial charge in [-0.15, -0.1) is 0 Å². The van der Waals surface area contributed by atoms with E-state index in [0.29, 0.717) is 11.4 Å². The Hall–Kier alpha value is -2.44. The van der Waals surface area contributed by atoms with Gasteiger partial charge in [-0.25, -0.2) is 4.39 Å². The summed E-state index contributed by atoms with van der Waals surface area (Å²) in [4.78, 5) is 23.4. The van der Waals surface area contributed by atoms with Crippen molar-refractivity contribution < 1.29 is 18.7 Å². The predicted octanol–water partition coefficient (Wildman–Crippen LogP) is 3.25. The molecule has 0 atom stereocenters. The lowest BCUT2D eigenvalue weighted by Gasteiger charge is -2.09. The third-order valence-electron chi connectivity index (χ3n) is 3.13. The highest BCUT2D eigenvalue weighted by atomic mass is 35.5. The Kier molecular flexibility index (Phi) is 6.28. The Labute approximate surface area is 143 Å². The molecule has 0 fully saturated rings. The number of hydrogen-bond donors (Lipinski definition) is 2. The molecule has 0 spiro atoms. The first kappa shape index (κ1) is 17.9. The molecule has 0 heterocycles. The summed E-state index contributed by atoms with van der Waals surface area (Å²) in [7, 11) is 1.43. The van der Waals surface area contributed by atoms with Gasteiger partial charge in [0.1, 0.15) is 12.4 Å². The largest absolute Gasteiger partial charge is 0.375 e. The number of nitrogens with one attached hydrogen (secondary N) is 2. The highest BCUT2D eigenvalue weighted by Gasteiger charge is 2.12. The van der Waals surface area contributed by atoms with E-state index < -0.39 is 11.7 Å². The van der Waals surface area contributed by atoms with Crippen LogP contribution in [0.1, 0.15) is 5.56 Å². The molecule has 0 saturated carbocycles. The molecule has 0 aliphatic carbocycles. The Balaban J connectivity index is 1.96. The zero-order valence-electron chi connectivity index (χ0n) is 12.9. The van der Waals surface area contributed by atoms with Crippen molar-refractivity contribution in [2.24, 2.45) is 0 Å². The third-order valence-corrected chi connectivity index (χ3v) is 3.48. The first-order valence-electron chi connectivity index (χ1n) is 7.11. The number of halogens is 2. The fraction of sp³-hybridized carbons (Fsp3) is 0.176. The zero-order chi connectivity index (χ0) is 17.5. The normalized spacial score (nSPS) is 10.3. The van der Waals surface area contributed by atoms with Gasteiger partial charge in [-0.05, 0) is 36.4 Å². The fourth-order valence-corrected chi connectivity index (χ4v) is 2.26. The van der Waals surface area contributed by atoms with Crippen LogP contribution in [0.25, 0.3) is 0 Å². The summed E-state index contributed by atoms with van der Waals surface area (Å²) in [6.45, 7) is -0.0398. The summed E-state index contributed by atoms with van der Waals surface area (Å²) in [5, 5.41) is 5.49. The van der Waals surface area contributed by atoms with Gasteiger partial charge in [0.05, 0.1) is 6.42 Å². The van der Waals surface area contributed by atoms with E-state index in [2.05, 4.69) is 10.6 Å². The van der Waals surface area contributed by atoms with Crippen molar-refractivity contribution in [3.63, 3.8) is 0 Å². The quantitative estimate of drug-likeness (QED) is 0.840. The molecule has 2 rings (SSSR count). The predicted molar refractivity (Wildman–Crippen MR) is 90.7 cm³/mol. The van der Waals surface area contributed by atoms with E-state index in [0.717, 1.165) is 0 Å². The van der Waals surface area contributed by atoms with Crippen LogP contribution in [0.3, 0.4) is 0 Å². The van der Waals surface area contributed by atoms with Gasteiger partial charge in [0.15, 0.2) is 0 Å². The zero-order valence-corrected chi connectivity index (χ0v) is 13.7. The summed E-state index contributed by atoms with van der Waals surface area (Å²) < 4.78 is 18.4. The molecule has 7 heteroatoms. The minimum absolute atomic E-state index is 0.0398. The van der Waals surface area contributed by atoms with E-state index in [1.807, 2.05) is 0 Å². The average molecular weight is 351 g/mol. The smallest absolute Gasteiger partial charge is 0.250 e. The SMILES string of the molecule is COCC(=O)Nc1ccc(NC(=O)Cc2c(F)cccc2Cl)cc1. The molecule has 0 aliphatic heterocycles. The van der Waals surface area contributed by atoms with Gasteiger partial charge in [-0.2, -0.15) is 0 Å². The molecule has 0 radical (unpaired) electrons. The van der Waals surface area contributed by atoms with Crippen LogP contribution in [0, 0.1) is 5.82 Å². The Morgan fingerprint density at radius 3 is 2.17 bits per heavy atom. The molecule has 0 aromatic heterocycles. The molecule has 0 bridgehead atoms. The minimum Gasteiger partial charge on any atom is -0.375 e. The molecule has 2 amide bonds. The second-order valence-electron chi connectivity index (χ2n) is 4.98. The summed E-state index contributed by atoms with van der Waals surface area (Å²) in [5.74, 6) is -1.18. The molecule has 126 valence electrons. The maximum Gasteiger partial charge on any atom is 0.250 e. The molecule has 5 nitrogen and oxygen atoms in total. The minimum atomic E-state index is -0.520. The molecule has 2 N–H and O–H groups in total. The molecule has 24 heavy (non-hydrogen) atoms. The molecule has 0 unspecified atom stereocenters. The number of hydrogen-bond acceptors (Lipinski definition) is 3. The van der Waals surface area contributed by atoms with Gasteiger partial charge < -0.3 is 15.4 Å². The lowest BCUT2D eigenvalue weighted by molar-refractivity contribution is -0.119. The van der Waals surface area contributed by atoms with Crippen LogP contribution in [-0.2, 0) is 20.7 Å². The topological polar surface area (TPSA) is 67.4 Å². The number of carbonyl (C=O) groups is 2. The third kappa shape index (κ3) is 5.04. The Morgan fingerprint density at radius 2 is 1.62 bits per heavy atom. The average Bonchev–Trinajstić information content (AvgIpc) is 2.53. The highest BCUT2D eigenvalue weighted by molar-refractivity contribution is 6.31. The lowest BCUT2D eigenvalue weighted by Crippen LogP contribution is -2.17. The first-order chi connectivity index (χ1) is 11.5. The first-order valence-corrected chi connectivity index (χ1v) is 7.49. The number of carbonyl (C=O) groups excluding carboxylic acids is 2. The number of anilines is 2. The van der Waals surface area contributed by atoms with Gasteiger partial charge in [-0.3, -0.25) is 9.59 Å². The van der Waals surface area contributed by atoms with E-state index in [-0.39, 0.29) is 29.5 Å². The van der Waals surface area contributed by atoms with Crippen LogP contribution in [-0.4, -0.2) is 25.5 Å². The van der Waals surface area contributed by atoms with Crippen molar-refractivity contribution in [1.82, 2.24) is 0 Å². The molecule has 0 aliphatic rings.